The van der Waals surface area contributed by atoms with Crippen molar-refractivity contribution >= 4 is 23.5 Å². The van der Waals surface area contributed by atoms with Gasteiger partial charge in [0.2, 0.25) is 17.4 Å². The van der Waals surface area contributed by atoms with Gasteiger partial charge >= 0.3 is 5.97 Å². The molecule has 2 N–H and O–H groups in total. The van der Waals surface area contributed by atoms with E-state index < -0.39 is 29.4 Å². The highest BCUT2D eigenvalue weighted by atomic mass is 16.5. The minimum absolute atomic E-state index is 0.209. The van der Waals surface area contributed by atoms with Gasteiger partial charge in [-0.2, -0.15) is 0 Å². The Labute approximate surface area is 169 Å². The third-order valence-electron chi connectivity index (χ3n) is 6.17. The van der Waals surface area contributed by atoms with Crippen molar-refractivity contribution in [3.8, 4) is 0 Å². The van der Waals surface area contributed by atoms with E-state index in [1.807, 2.05) is 26.0 Å². The van der Waals surface area contributed by atoms with Crippen molar-refractivity contribution in [2.75, 3.05) is 11.5 Å². The lowest BCUT2D eigenvalue weighted by Crippen LogP contribution is -2.98. The van der Waals surface area contributed by atoms with Gasteiger partial charge in [-0.05, 0) is 38.1 Å². The van der Waals surface area contributed by atoms with E-state index in [4.69, 9.17) is 9.15 Å². The van der Waals surface area contributed by atoms with Crippen LogP contribution in [0.2, 0.25) is 0 Å². The number of carbonyl (C=O) groups is 3. The maximum atomic E-state index is 13.5. The quantitative estimate of drug-likeness (QED) is 0.613. The summed E-state index contributed by atoms with van der Waals surface area (Å²) in [6.45, 7) is 5.73. The number of amides is 2. The Morgan fingerprint density at radius 1 is 1.17 bits per heavy atom. The molecule has 2 fully saturated rings. The standard InChI is InChI=1S/C22H24N2O5/c1-4-22(21(27)28-5-2)17-16(18(23-22)15-7-6-12-29-15)19(25)24(20(17)26)14-10-8-13(3)9-11-14/h6-12,16-18,23H,4-5H2,1-3H3/p+1/t16-,17+,18-,22-/m0/s1. The number of benzene rings is 1. The first-order valence-electron chi connectivity index (χ1n) is 9.95. The summed E-state index contributed by atoms with van der Waals surface area (Å²) in [6, 6.07) is 10.3. The molecule has 152 valence electrons. The van der Waals surface area contributed by atoms with Crippen molar-refractivity contribution in [3.05, 3.63) is 54.0 Å². The largest absolute Gasteiger partial charge is 0.463 e. The molecular weight excluding hydrogens is 372 g/mol. The monoisotopic (exact) mass is 397 g/mol. The molecule has 29 heavy (non-hydrogen) atoms. The minimum atomic E-state index is -1.16. The smallest absolute Gasteiger partial charge is 0.368 e. The lowest BCUT2D eigenvalue weighted by Gasteiger charge is -2.28. The number of quaternary nitrogens is 1. The van der Waals surface area contributed by atoms with Gasteiger partial charge in [0.1, 0.15) is 11.8 Å². The van der Waals surface area contributed by atoms with Crippen molar-refractivity contribution in [1.82, 2.24) is 0 Å². The summed E-state index contributed by atoms with van der Waals surface area (Å²) in [5.41, 5.74) is 0.390. The molecule has 2 aromatic rings. The molecule has 0 saturated carbocycles. The molecule has 1 aromatic heterocycles. The summed E-state index contributed by atoms with van der Waals surface area (Å²) >= 11 is 0. The average Bonchev–Trinajstić information content (AvgIpc) is 3.40. The summed E-state index contributed by atoms with van der Waals surface area (Å²) < 4.78 is 10.9. The van der Waals surface area contributed by atoms with E-state index in [0.29, 0.717) is 17.9 Å². The summed E-state index contributed by atoms with van der Waals surface area (Å²) in [5.74, 6) is -2.05. The third-order valence-corrected chi connectivity index (χ3v) is 6.17. The van der Waals surface area contributed by atoms with Gasteiger partial charge in [-0.3, -0.25) is 9.59 Å². The molecule has 0 bridgehead atoms. The van der Waals surface area contributed by atoms with Gasteiger partial charge < -0.3 is 14.5 Å². The summed E-state index contributed by atoms with van der Waals surface area (Å²) in [7, 11) is 0. The molecule has 3 heterocycles. The molecule has 2 amide bonds. The average molecular weight is 397 g/mol. The molecular formula is C22H25N2O5+. The van der Waals surface area contributed by atoms with Crippen LogP contribution in [-0.4, -0.2) is 29.9 Å². The number of aryl methyl sites for hydroxylation is 1. The second kappa shape index (κ2) is 7.15. The van der Waals surface area contributed by atoms with E-state index in [9.17, 15) is 14.4 Å². The number of nitrogens with zero attached hydrogens (tertiary/aromatic N) is 1. The van der Waals surface area contributed by atoms with Crippen LogP contribution in [0.3, 0.4) is 0 Å². The molecule has 0 unspecified atom stereocenters. The fourth-order valence-corrected chi connectivity index (χ4v) is 4.75. The first kappa shape index (κ1) is 19.4. The van der Waals surface area contributed by atoms with Crippen molar-refractivity contribution in [2.24, 2.45) is 11.8 Å². The lowest BCUT2D eigenvalue weighted by molar-refractivity contribution is -0.736. The number of esters is 1. The van der Waals surface area contributed by atoms with Gasteiger partial charge in [-0.15, -0.1) is 0 Å². The van der Waals surface area contributed by atoms with Gasteiger partial charge in [0.25, 0.3) is 0 Å². The van der Waals surface area contributed by atoms with Crippen LogP contribution in [0, 0.1) is 18.8 Å². The maximum Gasteiger partial charge on any atom is 0.368 e. The number of carbonyl (C=O) groups excluding carboxylic acids is 3. The van der Waals surface area contributed by atoms with Gasteiger partial charge in [0.15, 0.2) is 11.8 Å². The Hall–Kier alpha value is -2.93. The van der Waals surface area contributed by atoms with Crippen LogP contribution < -0.4 is 10.2 Å². The molecule has 0 radical (unpaired) electrons. The second-order valence-corrected chi connectivity index (χ2v) is 7.67. The van der Waals surface area contributed by atoms with Crippen molar-refractivity contribution in [1.29, 1.82) is 0 Å². The highest BCUT2D eigenvalue weighted by Gasteiger charge is 2.72. The molecule has 4 rings (SSSR count). The SMILES string of the molecule is CCOC(=O)[C@@]1(CC)[NH2+][C@@H](c2ccco2)[C@H]2C(=O)N(c3ccc(C)cc3)C(=O)[C@@H]21. The molecule has 2 aliphatic heterocycles. The first-order chi connectivity index (χ1) is 13.9. The number of rotatable bonds is 5. The number of nitrogens with two attached hydrogens (primary N) is 1. The fourth-order valence-electron chi connectivity index (χ4n) is 4.75. The van der Waals surface area contributed by atoms with Gasteiger partial charge in [0.05, 0.1) is 18.6 Å². The molecule has 0 aliphatic carbocycles. The minimum Gasteiger partial charge on any atom is -0.463 e. The predicted octanol–water partition coefficient (Wildman–Crippen LogP) is 1.72. The van der Waals surface area contributed by atoms with E-state index in [2.05, 4.69) is 0 Å². The van der Waals surface area contributed by atoms with Crippen LogP contribution >= 0.6 is 0 Å². The molecule has 4 atom stereocenters. The number of fused-ring (bicyclic) bond motifs is 1. The van der Waals surface area contributed by atoms with Crippen molar-refractivity contribution in [2.45, 2.75) is 38.8 Å². The van der Waals surface area contributed by atoms with Crippen LogP contribution in [0.1, 0.15) is 37.6 Å². The van der Waals surface area contributed by atoms with E-state index >= 15 is 0 Å². The number of ether oxygens (including phenoxy) is 1. The maximum absolute atomic E-state index is 13.5. The Balaban J connectivity index is 1.83. The number of hydrogen-bond acceptors (Lipinski definition) is 5. The van der Waals surface area contributed by atoms with Gasteiger partial charge in [-0.25, -0.2) is 9.69 Å². The molecule has 7 heteroatoms. The number of anilines is 1. The van der Waals surface area contributed by atoms with Crippen LogP contribution in [0.15, 0.2) is 47.1 Å². The van der Waals surface area contributed by atoms with Gasteiger partial charge in [0, 0.05) is 6.42 Å². The molecule has 2 aliphatic rings. The van der Waals surface area contributed by atoms with Crippen LogP contribution in [-0.2, 0) is 19.1 Å². The van der Waals surface area contributed by atoms with E-state index in [1.165, 1.54) is 11.2 Å². The zero-order valence-electron chi connectivity index (χ0n) is 16.8. The number of furan rings is 1. The highest BCUT2D eigenvalue weighted by molar-refractivity contribution is 6.23. The topological polar surface area (TPSA) is 93.4 Å². The Kier molecular flexibility index (Phi) is 4.78. The second-order valence-electron chi connectivity index (χ2n) is 7.67. The Morgan fingerprint density at radius 2 is 1.90 bits per heavy atom. The van der Waals surface area contributed by atoms with E-state index in [-0.39, 0.29) is 18.4 Å². The zero-order valence-corrected chi connectivity index (χ0v) is 16.8. The van der Waals surface area contributed by atoms with Crippen LogP contribution in [0.4, 0.5) is 5.69 Å². The number of imide groups is 1. The first-order valence-corrected chi connectivity index (χ1v) is 9.95. The van der Waals surface area contributed by atoms with Gasteiger partial charge in [-0.1, -0.05) is 24.6 Å². The number of hydrogen-bond donors (Lipinski definition) is 1. The van der Waals surface area contributed by atoms with Crippen LogP contribution in [0.25, 0.3) is 0 Å². The Bertz CT molecular complexity index is 937. The molecule has 0 spiro atoms. The van der Waals surface area contributed by atoms with Crippen molar-refractivity contribution in [3.63, 3.8) is 0 Å². The van der Waals surface area contributed by atoms with E-state index in [1.54, 1.807) is 36.5 Å². The van der Waals surface area contributed by atoms with Crippen LogP contribution in [0.5, 0.6) is 0 Å². The molecule has 1 aromatic carbocycles. The zero-order chi connectivity index (χ0) is 20.8. The van der Waals surface area contributed by atoms with E-state index in [0.717, 1.165) is 5.56 Å². The third kappa shape index (κ3) is 2.80. The lowest BCUT2D eigenvalue weighted by atomic mass is 9.78. The normalized spacial score (nSPS) is 28.7. The Morgan fingerprint density at radius 3 is 2.48 bits per heavy atom. The highest BCUT2D eigenvalue weighted by Crippen LogP contribution is 2.47. The fraction of sp³-hybridized carbons (Fsp3) is 0.409. The molecule has 2 saturated heterocycles. The predicted molar refractivity (Wildman–Crippen MR) is 104 cm³/mol. The molecule has 7 nitrogen and oxygen atoms in total. The summed E-state index contributed by atoms with van der Waals surface area (Å²) in [6.07, 6.45) is 1.90. The summed E-state index contributed by atoms with van der Waals surface area (Å²) in [4.78, 5) is 41.2. The van der Waals surface area contributed by atoms with Crippen molar-refractivity contribution < 1.29 is 28.9 Å². The summed E-state index contributed by atoms with van der Waals surface area (Å²) in [5, 5.41) is 1.81.